The van der Waals surface area contributed by atoms with Crippen LogP contribution in [-0.2, 0) is 4.74 Å². The van der Waals surface area contributed by atoms with Crippen LogP contribution in [0.2, 0.25) is 0 Å². The van der Waals surface area contributed by atoms with E-state index in [1.807, 2.05) is 18.2 Å². The maximum Gasteiger partial charge on any atom is 0.335 e. The molecular weight excluding hydrogens is 232 g/mol. The molecule has 0 bridgehead atoms. The summed E-state index contributed by atoms with van der Waals surface area (Å²) >= 11 is 0. The largest absolute Gasteiger partial charge is 0.491 e. The number of hydrogen-bond acceptors (Lipinski definition) is 3. The molecule has 1 N–H and O–H groups in total. The van der Waals surface area contributed by atoms with Gasteiger partial charge in [-0.05, 0) is 29.7 Å². The molecular formula is C14H14O4. The second-order valence-electron chi connectivity index (χ2n) is 3.84. The van der Waals surface area contributed by atoms with Gasteiger partial charge in [0.05, 0.1) is 12.2 Å². The lowest BCUT2D eigenvalue weighted by Gasteiger charge is -2.09. The third-order valence-corrected chi connectivity index (χ3v) is 2.63. The molecule has 0 saturated carbocycles. The minimum absolute atomic E-state index is 0.275. The maximum absolute atomic E-state index is 10.9. The number of fused-ring (bicyclic) bond motifs is 1. The zero-order chi connectivity index (χ0) is 13.0. The second-order valence-corrected chi connectivity index (χ2v) is 3.84. The Morgan fingerprint density at radius 3 is 2.78 bits per heavy atom. The standard InChI is InChI=1S/C14H14O4/c1-17-7-8-18-13-4-2-3-10-9-11(14(15)16)5-6-12(10)13/h2-6,9H,7-8H2,1H3,(H,15,16). The van der Waals surface area contributed by atoms with Crippen LogP contribution in [0.3, 0.4) is 0 Å². The smallest absolute Gasteiger partial charge is 0.335 e. The fourth-order valence-corrected chi connectivity index (χ4v) is 1.75. The number of hydrogen-bond donors (Lipinski definition) is 1. The Morgan fingerprint density at radius 2 is 2.06 bits per heavy atom. The van der Waals surface area contributed by atoms with Crippen molar-refractivity contribution in [3.63, 3.8) is 0 Å². The predicted molar refractivity (Wildman–Crippen MR) is 68.3 cm³/mol. The molecule has 0 amide bonds. The highest BCUT2D eigenvalue weighted by Crippen LogP contribution is 2.26. The Balaban J connectivity index is 2.34. The van der Waals surface area contributed by atoms with Gasteiger partial charge in [0.15, 0.2) is 0 Å². The van der Waals surface area contributed by atoms with Crippen molar-refractivity contribution >= 4 is 16.7 Å². The topological polar surface area (TPSA) is 55.8 Å². The number of benzene rings is 2. The molecule has 2 aromatic carbocycles. The van der Waals surface area contributed by atoms with Gasteiger partial charge in [-0.3, -0.25) is 0 Å². The van der Waals surface area contributed by atoms with Gasteiger partial charge in [0.25, 0.3) is 0 Å². The molecule has 0 aliphatic heterocycles. The summed E-state index contributed by atoms with van der Waals surface area (Å²) < 4.78 is 10.5. The molecule has 0 spiro atoms. The zero-order valence-electron chi connectivity index (χ0n) is 10.1. The number of ether oxygens (including phenoxy) is 2. The van der Waals surface area contributed by atoms with Crippen LogP contribution >= 0.6 is 0 Å². The molecule has 0 saturated heterocycles. The summed E-state index contributed by atoms with van der Waals surface area (Å²) in [5.74, 6) is -0.191. The molecule has 94 valence electrons. The van der Waals surface area contributed by atoms with Crippen LogP contribution in [0.1, 0.15) is 10.4 Å². The number of aromatic carboxylic acids is 1. The summed E-state index contributed by atoms with van der Waals surface area (Å²) in [5, 5.41) is 10.7. The highest BCUT2D eigenvalue weighted by Gasteiger charge is 2.06. The molecule has 0 heterocycles. The maximum atomic E-state index is 10.9. The quantitative estimate of drug-likeness (QED) is 0.824. The van der Waals surface area contributed by atoms with Crippen LogP contribution in [0.5, 0.6) is 5.75 Å². The molecule has 4 nitrogen and oxygen atoms in total. The number of rotatable bonds is 5. The van der Waals surface area contributed by atoms with Crippen molar-refractivity contribution in [2.75, 3.05) is 20.3 Å². The number of carboxylic acids is 1. The van der Waals surface area contributed by atoms with Gasteiger partial charge in [0.2, 0.25) is 0 Å². The Bertz CT molecular complexity index is 563. The molecule has 18 heavy (non-hydrogen) atoms. The summed E-state index contributed by atoms with van der Waals surface area (Å²) in [6, 6.07) is 10.6. The number of methoxy groups -OCH3 is 1. The van der Waals surface area contributed by atoms with E-state index in [4.69, 9.17) is 14.6 Å². The number of carboxylic acid groups (broad SMARTS) is 1. The van der Waals surface area contributed by atoms with Gasteiger partial charge in [-0.2, -0.15) is 0 Å². The Morgan fingerprint density at radius 1 is 1.22 bits per heavy atom. The fraction of sp³-hybridized carbons (Fsp3) is 0.214. The third-order valence-electron chi connectivity index (χ3n) is 2.63. The van der Waals surface area contributed by atoms with Gasteiger partial charge in [0.1, 0.15) is 12.4 Å². The molecule has 0 aromatic heterocycles. The van der Waals surface area contributed by atoms with Gasteiger partial charge in [-0.1, -0.05) is 12.1 Å². The van der Waals surface area contributed by atoms with E-state index in [-0.39, 0.29) is 5.56 Å². The fourth-order valence-electron chi connectivity index (χ4n) is 1.75. The average molecular weight is 246 g/mol. The van der Waals surface area contributed by atoms with E-state index in [9.17, 15) is 4.79 Å². The summed E-state index contributed by atoms with van der Waals surface area (Å²) in [4.78, 5) is 10.9. The van der Waals surface area contributed by atoms with Gasteiger partial charge >= 0.3 is 5.97 Å². The Kier molecular flexibility index (Phi) is 3.79. The monoisotopic (exact) mass is 246 g/mol. The predicted octanol–water partition coefficient (Wildman–Crippen LogP) is 2.56. The van der Waals surface area contributed by atoms with Crippen LogP contribution in [0.25, 0.3) is 10.8 Å². The van der Waals surface area contributed by atoms with Gasteiger partial charge in [0, 0.05) is 12.5 Å². The van der Waals surface area contributed by atoms with Crippen molar-refractivity contribution in [1.82, 2.24) is 0 Å². The number of carbonyl (C=O) groups is 1. The molecule has 2 aromatic rings. The molecule has 0 atom stereocenters. The highest BCUT2D eigenvalue weighted by molar-refractivity contribution is 5.96. The second kappa shape index (κ2) is 5.51. The molecule has 0 radical (unpaired) electrons. The molecule has 0 aliphatic carbocycles. The molecule has 0 fully saturated rings. The minimum Gasteiger partial charge on any atom is -0.491 e. The van der Waals surface area contributed by atoms with Crippen LogP contribution in [0, 0.1) is 0 Å². The van der Waals surface area contributed by atoms with Crippen LogP contribution in [0.4, 0.5) is 0 Å². The van der Waals surface area contributed by atoms with Crippen molar-refractivity contribution in [3.05, 3.63) is 42.0 Å². The minimum atomic E-state index is -0.928. The van der Waals surface area contributed by atoms with Gasteiger partial charge in [-0.15, -0.1) is 0 Å². The molecule has 0 aliphatic rings. The normalized spacial score (nSPS) is 10.5. The van der Waals surface area contributed by atoms with Gasteiger partial charge in [-0.25, -0.2) is 4.79 Å². The summed E-state index contributed by atoms with van der Waals surface area (Å²) in [7, 11) is 1.62. The first-order valence-corrected chi connectivity index (χ1v) is 5.60. The lowest BCUT2D eigenvalue weighted by Crippen LogP contribution is -2.04. The van der Waals surface area contributed by atoms with E-state index in [2.05, 4.69) is 0 Å². The molecule has 0 unspecified atom stereocenters. The van der Waals surface area contributed by atoms with E-state index in [1.165, 1.54) is 0 Å². The van der Waals surface area contributed by atoms with E-state index in [0.29, 0.717) is 13.2 Å². The van der Waals surface area contributed by atoms with Gasteiger partial charge < -0.3 is 14.6 Å². The van der Waals surface area contributed by atoms with E-state index in [0.717, 1.165) is 16.5 Å². The van der Waals surface area contributed by atoms with Crippen LogP contribution in [0.15, 0.2) is 36.4 Å². The van der Waals surface area contributed by atoms with E-state index < -0.39 is 5.97 Å². The average Bonchev–Trinajstić information content (AvgIpc) is 2.38. The molecule has 2 rings (SSSR count). The first kappa shape index (κ1) is 12.4. The van der Waals surface area contributed by atoms with Crippen molar-refractivity contribution in [2.45, 2.75) is 0 Å². The van der Waals surface area contributed by atoms with Crippen molar-refractivity contribution in [3.8, 4) is 5.75 Å². The van der Waals surface area contributed by atoms with Crippen molar-refractivity contribution in [1.29, 1.82) is 0 Å². The first-order valence-electron chi connectivity index (χ1n) is 5.60. The van der Waals surface area contributed by atoms with Crippen molar-refractivity contribution in [2.24, 2.45) is 0 Å². The van der Waals surface area contributed by atoms with Crippen LogP contribution in [-0.4, -0.2) is 31.4 Å². The lowest BCUT2D eigenvalue weighted by molar-refractivity contribution is 0.0697. The van der Waals surface area contributed by atoms with E-state index in [1.54, 1.807) is 25.3 Å². The summed E-state index contributed by atoms with van der Waals surface area (Å²) in [6.07, 6.45) is 0. The highest BCUT2D eigenvalue weighted by atomic mass is 16.5. The lowest BCUT2D eigenvalue weighted by atomic mass is 10.1. The third kappa shape index (κ3) is 2.60. The molecule has 4 heteroatoms. The first-order chi connectivity index (χ1) is 8.72. The summed E-state index contributed by atoms with van der Waals surface area (Å²) in [5.41, 5.74) is 0.275. The Hall–Kier alpha value is -2.07. The van der Waals surface area contributed by atoms with Crippen molar-refractivity contribution < 1.29 is 19.4 Å². The zero-order valence-corrected chi connectivity index (χ0v) is 10.1. The SMILES string of the molecule is COCCOc1cccc2cc(C(=O)O)ccc12. The summed E-state index contributed by atoms with van der Waals surface area (Å²) in [6.45, 7) is 0.986. The Labute approximate surface area is 105 Å². The van der Waals surface area contributed by atoms with Crippen LogP contribution < -0.4 is 4.74 Å². The van der Waals surface area contributed by atoms with E-state index >= 15 is 0 Å².